The van der Waals surface area contributed by atoms with Crippen LogP contribution in [0.1, 0.15) is 49.2 Å². The van der Waals surface area contributed by atoms with E-state index in [4.69, 9.17) is 0 Å². The second-order valence-corrected chi connectivity index (χ2v) is 8.41. The average molecular weight is 389 g/mol. The van der Waals surface area contributed by atoms with Crippen LogP contribution in [0.4, 0.5) is 11.4 Å². The number of carbonyl (C=O) groups is 1. The van der Waals surface area contributed by atoms with E-state index in [2.05, 4.69) is 19.2 Å². The lowest BCUT2D eigenvalue weighted by Crippen LogP contribution is -2.32. The summed E-state index contributed by atoms with van der Waals surface area (Å²) in [5, 5.41) is 3.03. The Morgan fingerprint density at radius 2 is 1.48 bits per heavy atom. The molecule has 2 aromatic rings. The van der Waals surface area contributed by atoms with Crippen LogP contribution in [0.2, 0.25) is 0 Å². The molecular weight excluding hydrogens is 360 g/mol. The third kappa shape index (κ3) is 4.69. The first-order chi connectivity index (χ1) is 12.9. The van der Waals surface area contributed by atoms with Gasteiger partial charge in [-0.2, -0.15) is 0 Å². The SMILES string of the molecule is CCc1cccc(CC)c1NC(=O)c1ccc(N(CC)S(=O)(=O)CC)cc1. The lowest BCUT2D eigenvalue weighted by atomic mass is 10.0. The van der Waals surface area contributed by atoms with Crippen LogP contribution in [0, 0.1) is 0 Å². The van der Waals surface area contributed by atoms with Crippen molar-refractivity contribution in [2.75, 3.05) is 21.9 Å². The maximum Gasteiger partial charge on any atom is 0.255 e. The Labute approximate surface area is 162 Å². The summed E-state index contributed by atoms with van der Waals surface area (Å²) >= 11 is 0. The monoisotopic (exact) mass is 388 g/mol. The van der Waals surface area contributed by atoms with Gasteiger partial charge in [-0.15, -0.1) is 0 Å². The molecular formula is C21H28N2O3S. The number of carbonyl (C=O) groups excluding carboxylic acids is 1. The zero-order valence-corrected chi connectivity index (χ0v) is 17.3. The fraction of sp³-hybridized carbons (Fsp3) is 0.381. The molecule has 0 radical (unpaired) electrons. The summed E-state index contributed by atoms with van der Waals surface area (Å²) in [6.07, 6.45) is 1.67. The molecule has 2 rings (SSSR count). The van der Waals surface area contributed by atoms with E-state index in [-0.39, 0.29) is 11.7 Å². The van der Waals surface area contributed by atoms with Crippen LogP contribution in [0.3, 0.4) is 0 Å². The van der Waals surface area contributed by atoms with Gasteiger partial charge in [0.1, 0.15) is 0 Å². The number of anilines is 2. The number of nitrogens with one attached hydrogen (secondary N) is 1. The second kappa shape index (κ2) is 9.04. The summed E-state index contributed by atoms with van der Waals surface area (Å²) in [5.41, 5.74) is 4.15. The lowest BCUT2D eigenvalue weighted by molar-refractivity contribution is 0.102. The number of aryl methyl sites for hydroxylation is 2. The Hall–Kier alpha value is -2.34. The van der Waals surface area contributed by atoms with Gasteiger partial charge in [0.15, 0.2) is 0 Å². The van der Waals surface area contributed by atoms with Gasteiger partial charge in [0.05, 0.1) is 11.4 Å². The molecule has 0 unspecified atom stereocenters. The lowest BCUT2D eigenvalue weighted by Gasteiger charge is -2.22. The highest BCUT2D eigenvalue weighted by atomic mass is 32.2. The molecule has 0 aromatic heterocycles. The van der Waals surface area contributed by atoms with Crippen LogP contribution >= 0.6 is 0 Å². The highest BCUT2D eigenvalue weighted by Crippen LogP contribution is 2.24. The zero-order valence-electron chi connectivity index (χ0n) is 16.5. The molecule has 0 heterocycles. The summed E-state index contributed by atoms with van der Waals surface area (Å²) in [6, 6.07) is 12.7. The number of nitrogens with zero attached hydrogens (tertiary/aromatic N) is 1. The minimum atomic E-state index is -3.33. The third-order valence-electron chi connectivity index (χ3n) is 4.64. The molecule has 0 aliphatic heterocycles. The number of hydrogen-bond acceptors (Lipinski definition) is 3. The summed E-state index contributed by atoms with van der Waals surface area (Å²) in [7, 11) is -3.33. The first kappa shape index (κ1) is 21.0. The van der Waals surface area contributed by atoms with Gasteiger partial charge in [0.25, 0.3) is 5.91 Å². The smallest absolute Gasteiger partial charge is 0.255 e. The molecule has 0 saturated heterocycles. The van der Waals surface area contributed by atoms with E-state index in [9.17, 15) is 13.2 Å². The van der Waals surface area contributed by atoms with Crippen LogP contribution in [0.15, 0.2) is 42.5 Å². The quantitative estimate of drug-likeness (QED) is 0.735. The van der Waals surface area contributed by atoms with Crippen molar-refractivity contribution in [1.82, 2.24) is 0 Å². The standard InChI is InChI=1S/C21H28N2O3S/c1-5-16-10-9-11-17(6-2)20(16)22-21(24)18-12-14-19(15-13-18)23(7-3)27(25,26)8-4/h9-15H,5-8H2,1-4H3,(H,22,24). The molecule has 27 heavy (non-hydrogen) atoms. The predicted octanol–water partition coefficient (Wildman–Crippen LogP) is 4.24. The van der Waals surface area contributed by atoms with Crippen molar-refractivity contribution in [2.24, 2.45) is 0 Å². The van der Waals surface area contributed by atoms with Gasteiger partial charge in [-0.05, 0) is 62.1 Å². The molecule has 5 nitrogen and oxygen atoms in total. The van der Waals surface area contributed by atoms with Gasteiger partial charge in [-0.3, -0.25) is 9.10 Å². The molecule has 0 atom stereocenters. The van der Waals surface area contributed by atoms with E-state index in [1.807, 2.05) is 18.2 Å². The van der Waals surface area contributed by atoms with Crippen molar-refractivity contribution in [3.63, 3.8) is 0 Å². The molecule has 0 aliphatic carbocycles. The minimum Gasteiger partial charge on any atom is -0.321 e. The van der Waals surface area contributed by atoms with E-state index < -0.39 is 10.0 Å². The maximum atomic E-state index is 12.7. The van der Waals surface area contributed by atoms with Crippen molar-refractivity contribution >= 4 is 27.3 Å². The Kier molecular flexibility index (Phi) is 7.02. The Balaban J connectivity index is 2.27. The zero-order chi connectivity index (χ0) is 20.0. The summed E-state index contributed by atoms with van der Waals surface area (Å²) in [4.78, 5) is 12.7. The average Bonchev–Trinajstić information content (AvgIpc) is 2.68. The largest absolute Gasteiger partial charge is 0.321 e. The van der Waals surface area contributed by atoms with E-state index in [0.717, 1.165) is 29.7 Å². The highest BCUT2D eigenvalue weighted by molar-refractivity contribution is 7.92. The molecule has 0 fully saturated rings. The normalized spacial score (nSPS) is 11.3. The number of hydrogen-bond donors (Lipinski definition) is 1. The summed E-state index contributed by atoms with van der Waals surface area (Å²) < 4.78 is 25.7. The van der Waals surface area contributed by atoms with Gasteiger partial charge in [-0.25, -0.2) is 8.42 Å². The van der Waals surface area contributed by atoms with Crippen molar-refractivity contribution in [1.29, 1.82) is 0 Å². The first-order valence-electron chi connectivity index (χ1n) is 9.40. The summed E-state index contributed by atoms with van der Waals surface area (Å²) in [6.45, 7) is 7.89. The van der Waals surface area contributed by atoms with Crippen molar-refractivity contribution in [3.8, 4) is 0 Å². The molecule has 6 heteroatoms. The van der Waals surface area contributed by atoms with E-state index in [1.54, 1.807) is 38.1 Å². The molecule has 0 aliphatic rings. The van der Waals surface area contributed by atoms with E-state index in [1.165, 1.54) is 4.31 Å². The summed E-state index contributed by atoms with van der Waals surface area (Å²) in [5.74, 6) is -0.157. The number of amides is 1. The van der Waals surface area contributed by atoms with Gasteiger partial charge >= 0.3 is 0 Å². The van der Waals surface area contributed by atoms with Gasteiger partial charge in [0, 0.05) is 17.8 Å². The van der Waals surface area contributed by atoms with Crippen molar-refractivity contribution in [3.05, 3.63) is 59.2 Å². The molecule has 2 aromatic carbocycles. The number of para-hydroxylation sites is 1. The second-order valence-electron chi connectivity index (χ2n) is 6.22. The van der Waals surface area contributed by atoms with Crippen molar-refractivity contribution in [2.45, 2.75) is 40.5 Å². The predicted molar refractivity (Wildman–Crippen MR) is 112 cm³/mol. The molecule has 1 N–H and O–H groups in total. The molecule has 0 spiro atoms. The Morgan fingerprint density at radius 1 is 0.926 bits per heavy atom. The van der Waals surface area contributed by atoms with Gasteiger partial charge < -0.3 is 5.32 Å². The molecule has 146 valence electrons. The van der Waals surface area contributed by atoms with Gasteiger partial charge in [-0.1, -0.05) is 32.0 Å². The Bertz CT molecular complexity index is 868. The number of rotatable bonds is 8. The van der Waals surface area contributed by atoms with Crippen LogP contribution in [0.25, 0.3) is 0 Å². The van der Waals surface area contributed by atoms with Crippen LogP contribution in [-0.2, 0) is 22.9 Å². The first-order valence-corrected chi connectivity index (χ1v) is 11.0. The molecule has 0 saturated carbocycles. The molecule has 1 amide bonds. The van der Waals surface area contributed by atoms with Crippen molar-refractivity contribution < 1.29 is 13.2 Å². The fourth-order valence-electron chi connectivity index (χ4n) is 3.06. The third-order valence-corrected chi connectivity index (χ3v) is 6.51. The Morgan fingerprint density at radius 3 is 1.93 bits per heavy atom. The van der Waals surface area contributed by atoms with Gasteiger partial charge in [0.2, 0.25) is 10.0 Å². The van der Waals surface area contributed by atoms with Crippen LogP contribution in [-0.4, -0.2) is 26.6 Å². The molecule has 0 bridgehead atoms. The van der Waals surface area contributed by atoms with E-state index >= 15 is 0 Å². The topological polar surface area (TPSA) is 66.5 Å². The highest BCUT2D eigenvalue weighted by Gasteiger charge is 2.19. The minimum absolute atomic E-state index is 0.0384. The van der Waals surface area contributed by atoms with Crippen LogP contribution in [0.5, 0.6) is 0 Å². The number of benzene rings is 2. The van der Waals surface area contributed by atoms with E-state index in [0.29, 0.717) is 17.8 Å². The fourth-order valence-corrected chi connectivity index (χ4v) is 4.21. The van der Waals surface area contributed by atoms with Crippen LogP contribution < -0.4 is 9.62 Å². The number of sulfonamides is 1. The maximum absolute atomic E-state index is 12.7.